The van der Waals surface area contributed by atoms with Crippen LogP contribution in [0.15, 0.2) is 22.7 Å². The zero-order chi connectivity index (χ0) is 11.5. The Labute approximate surface area is 104 Å². The summed E-state index contributed by atoms with van der Waals surface area (Å²) in [5, 5.41) is 3.37. The standard InChI is InChI=1S/C12H16BrFN2/c13-10-5-4-9(6-11(10)14)16-12-3-1-2-8(12)7-15/h4-6,8,12,16H,1-3,7,15H2. The predicted octanol–water partition coefficient (Wildman–Crippen LogP) is 3.13. The molecule has 1 aliphatic rings. The van der Waals surface area contributed by atoms with Crippen molar-refractivity contribution >= 4 is 21.6 Å². The molecule has 0 radical (unpaired) electrons. The minimum atomic E-state index is -0.229. The largest absolute Gasteiger partial charge is 0.382 e. The molecule has 2 unspecified atom stereocenters. The zero-order valence-corrected chi connectivity index (χ0v) is 10.6. The van der Waals surface area contributed by atoms with E-state index in [4.69, 9.17) is 5.73 Å². The highest BCUT2D eigenvalue weighted by Gasteiger charge is 2.25. The van der Waals surface area contributed by atoms with Gasteiger partial charge >= 0.3 is 0 Å². The molecule has 4 heteroatoms. The SMILES string of the molecule is NCC1CCCC1Nc1ccc(Br)c(F)c1. The Morgan fingerprint density at radius 2 is 2.25 bits per heavy atom. The molecule has 1 aliphatic carbocycles. The third kappa shape index (κ3) is 2.55. The fraction of sp³-hybridized carbons (Fsp3) is 0.500. The molecule has 0 aromatic heterocycles. The number of halogens is 2. The summed E-state index contributed by atoms with van der Waals surface area (Å²) in [7, 11) is 0. The third-order valence-electron chi connectivity index (χ3n) is 3.23. The maximum atomic E-state index is 13.3. The van der Waals surface area contributed by atoms with Gasteiger partial charge in [-0.1, -0.05) is 6.42 Å². The van der Waals surface area contributed by atoms with E-state index in [-0.39, 0.29) is 5.82 Å². The van der Waals surface area contributed by atoms with Crippen LogP contribution in [0.25, 0.3) is 0 Å². The molecule has 0 aliphatic heterocycles. The number of nitrogens with one attached hydrogen (secondary N) is 1. The first-order valence-corrected chi connectivity index (χ1v) is 6.41. The maximum absolute atomic E-state index is 13.3. The second-order valence-electron chi connectivity index (χ2n) is 4.31. The minimum absolute atomic E-state index is 0.229. The van der Waals surface area contributed by atoms with E-state index in [1.54, 1.807) is 6.07 Å². The van der Waals surface area contributed by atoms with Crippen LogP contribution in [0.1, 0.15) is 19.3 Å². The van der Waals surface area contributed by atoms with Crippen LogP contribution in [0.3, 0.4) is 0 Å². The maximum Gasteiger partial charge on any atom is 0.139 e. The van der Waals surface area contributed by atoms with Crippen LogP contribution in [-0.4, -0.2) is 12.6 Å². The van der Waals surface area contributed by atoms with Crippen molar-refractivity contribution in [1.29, 1.82) is 0 Å². The van der Waals surface area contributed by atoms with Gasteiger partial charge in [-0.2, -0.15) is 0 Å². The van der Waals surface area contributed by atoms with Crippen molar-refractivity contribution in [2.24, 2.45) is 11.7 Å². The molecule has 1 aromatic carbocycles. The summed E-state index contributed by atoms with van der Waals surface area (Å²) in [6.45, 7) is 0.705. The summed E-state index contributed by atoms with van der Waals surface area (Å²) in [5.74, 6) is 0.291. The van der Waals surface area contributed by atoms with Gasteiger partial charge in [-0.05, 0) is 59.4 Å². The van der Waals surface area contributed by atoms with Gasteiger partial charge in [0.05, 0.1) is 4.47 Å². The normalized spacial score (nSPS) is 24.7. The Kier molecular flexibility index (Phi) is 3.82. The molecule has 2 atom stereocenters. The van der Waals surface area contributed by atoms with E-state index in [2.05, 4.69) is 21.2 Å². The van der Waals surface area contributed by atoms with Gasteiger partial charge in [0.2, 0.25) is 0 Å². The van der Waals surface area contributed by atoms with E-state index in [0.29, 0.717) is 23.0 Å². The Morgan fingerprint density at radius 3 is 2.94 bits per heavy atom. The second-order valence-corrected chi connectivity index (χ2v) is 5.16. The number of hydrogen-bond acceptors (Lipinski definition) is 2. The molecule has 1 fully saturated rings. The van der Waals surface area contributed by atoms with Gasteiger partial charge in [0, 0.05) is 11.7 Å². The molecule has 0 saturated heterocycles. The lowest BCUT2D eigenvalue weighted by molar-refractivity contribution is 0.516. The van der Waals surface area contributed by atoms with E-state index >= 15 is 0 Å². The predicted molar refractivity (Wildman–Crippen MR) is 67.9 cm³/mol. The summed E-state index contributed by atoms with van der Waals surface area (Å²) in [6, 6.07) is 5.53. The number of benzene rings is 1. The Morgan fingerprint density at radius 1 is 1.44 bits per heavy atom. The smallest absolute Gasteiger partial charge is 0.139 e. The van der Waals surface area contributed by atoms with Crippen molar-refractivity contribution in [3.8, 4) is 0 Å². The first-order chi connectivity index (χ1) is 7.70. The molecule has 1 saturated carbocycles. The average molecular weight is 287 g/mol. The van der Waals surface area contributed by atoms with Gasteiger partial charge < -0.3 is 11.1 Å². The van der Waals surface area contributed by atoms with E-state index in [1.807, 2.05) is 6.07 Å². The van der Waals surface area contributed by atoms with Gasteiger partial charge in [0.15, 0.2) is 0 Å². The molecule has 1 aromatic rings. The molecule has 0 spiro atoms. The lowest BCUT2D eigenvalue weighted by Crippen LogP contribution is -2.29. The van der Waals surface area contributed by atoms with Crippen LogP contribution in [0.5, 0.6) is 0 Å². The van der Waals surface area contributed by atoms with Gasteiger partial charge in [-0.15, -0.1) is 0 Å². The van der Waals surface area contributed by atoms with Crippen molar-refractivity contribution in [1.82, 2.24) is 0 Å². The lowest BCUT2D eigenvalue weighted by Gasteiger charge is -2.20. The van der Waals surface area contributed by atoms with Crippen LogP contribution in [0, 0.1) is 11.7 Å². The molecule has 0 heterocycles. The van der Waals surface area contributed by atoms with Crippen molar-refractivity contribution < 1.29 is 4.39 Å². The fourth-order valence-electron chi connectivity index (χ4n) is 2.31. The summed E-state index contributed by atoms with van der Waals surface area (Å²) in [4.78, 5) is 0. The van der Waals surface area contributed by atoms with Crippen LogP contribution in [-0.2, 0) is 0 Å². The topological polar surface area (TPSA) is 38.0 Å². The van der Waals surface area contributed by atoms with Gasteiger partial charge in [-0.25, -0.2) is 4.39 Å². The summed E-state index contributed by atoms with van der Waals surface area (Å²) in [6.07, 6.45) is 3.51. The summed E-state index contributed by atoms with van der Waals surface area (Å²) >= 11 is 3.14. The van der Waals surface area contributed by atoms with Gasteiger partial charge in [0.1, 0.15) is 5.82 Å². The molecule has 16 heavy (non-hydrogen) atoms. The van der Waals surface area contributed by atoms with Gasteiger partial charge in [-0.3, -0.25) is 0 Å². The Bertz CT molecular complexity index is 370. The number of hydrogen-bond donors (Lipinski definition) is 2. The average Bonchev–Trinajstić information content (AvgIpc) is 2.71. The van der Waals surface area contributed by atoms with Crippen molar-refractivity contribution in [3.05, 3.63) is 28.5 Å². The van der Waals surface area contributed by atoms with E-state index < -0.39 is 0 Å². The number of nitrogens with two attached hydrogens (primary N) is 1. The molecular weight excluding hydrogens is 271 g/mol. The van der Waals surface area contributed by atoms with Gasteiger partial charge in [0.25, 0.3) is 0 Å². The monoisotopic (exact) mass is 286 g/mol. The number of anilines is 1. The Balaban J connectivity index is 2.05. The van der Waals surface area contributed by atoms with Crippen LogP contribution in [0.2, 0.25) is 0 Å². The van der Waals surface area contributed by atoms with Crippen LogP contribution < -0.4 is 11.1 Å². The van der Waals surface area contributed by atoms with E-state index in [1.165, 1.54) is 18.9 Å². The van der Waals surface area contributed by atoms with Crippen molar-refractivity contribution in [3.63, 3.8) is 0 Å². The third-order valence-corrected chi connectivity index (χ3v) is 3.88. The number of rotatable bonds is 3. The van der Waals surface area contributed by atoms with Crippen molar-refractivity contribution in [2.75, 3.05) is 11.9 Å². The second kappa shape index (κ2) is 5.15. The fourth-order valence-corrected chi connectivity index (χ4v) is 2.56. The van der Waals surface area contributed by atoms with Crippen LogP contribution in [0.4, 0.5) is 10.1 Å². The highest BCUT2D eigenvalue weighted by molar-refractivity contribution is 9.10. The minimum Gasteiger partial charge on any atom is -0.382 e. The van der Waals surface area contributed by atoms with E-state index in [0.717, 1.165) is 12.1 Å². The Hall–Kier alpha value is -0.610. The molecular formula is C12H16BrFN2. The quantitative estimate of drug-likeness (QED) is 0.896. The summed E-state index contributed by atoms with van der Waals surface area (Å²) in [5.41, 5.74) is 6.55. The molecule has 88 valence electrons. The molecule has 0 amide bonds. The van der Waals surface area contributed by atoms with Crippen molar-refractivity contribution in [2.45, 2.75) is 25.3 Å². The first kappa shape index (κ1) is 11.9. The molecule has 2 nitrogen and oxygen atoms in total. The van der Waals surface area contributed by atoms with Crippen LogP contribution >= 0.6 is 15.9 Å². The highest BCUT2D eigenvalue weighted by Crippen LogP contribution is 2.28. The summed E-state index contributed by atoms with van der Waals surface area (Å²) < 4.78 is 13.8. The molecule has 2 rings (SSSR count). The van der Waals surface area contributed by atoms with E-state index in [9.17, 15) is 4.39 Å². The molecule has 3 N–H and O–H groups in total. The highest BCUT2D eigenvalue weighted by atomic mass is 79.9. The molecule has 0 bridgehead atoms. The lowest BCUT2D eigenvalue weighted by atomic mass is 10.0. The first-order valence-electron chi connectivity index (χ1n) is 5.62. The zero-order valence-electron chi connectivity index (χ0n) is 9.05.